The number of nitrogens with zero attached hydrogens (tertiary/aromatic N) is 1. The van der Waals surface area contributed by atoms with Gasteiger partial charge in [0, 0.05) is 6.20 Å². The van der Waals surface area contributed by atoms with E-state index in [0.29, 0.717) is 0 Å². The van der Waals surface area contributed by atoms with Crippen LogP contribution in [0.1, 0.15) is 0 Å². The van der Waals surface area contributed by atoms with Gasteiger partial charge in [0.2, 0.25) is 0 Å². The second kappa shape index (κ2) is 3.47. The highest BCUT2D eigenvalue weighted by molar-refractivity contribution is 5.91. The van der Waals surface area contributed by atoms with Crippen molar-refractivity contribution in [3.05, 3.63) is 54.7 Å². The molecule has 0 aliphatic carbocycles. The van der Waals surface area contributed by atoms with Crippen LogP contribution in [0, 0.1) is 0 Å². The Balaban J connectivity index is 1.92. The molecule has 2 aromatic carbocycles. The Bertz CT molecular complexity index is 689. The molecule has 0 spiro atoms. The Morgan fingerprint density at radius 2 is 1.72 bits per heavy atom. The summed E-state index contributed by atoms with van der Waals surface area (Å²) in [7, 11) is 0. The molecule has 1 aliphatic rings. The molecular weight excluding hydrogens is 224 g/mol. The zero-order chi connectivity index (χ0) is 11.9. The highest BCUT2D eigenvalue weighted by Crippen LogP contribution is 2.42. The van der Waals surface area contributed by atoms with Crippen LogP contribution < -0.4 is 10.1 Å². The molecule has 0 fully saturated rings. The SMILES string of the molecule is c1cnc2c(c1)Oc1cc3ccccc3cc1N2. The van der Waals surface area contributed by atoms with Gasteiger partial charge in [-0.3, -0.25) is 0 Å². The zero-order valence-electron chi connectivity index (χ0n) is 9.55. The van der Waals surface area contributed by atoms with Crippen molar-refractivity contribution in [3.63, 3.8) is 0 Å². The van der Waals surface area contributed by atoms with Gasteiger partial charge in [-0.25, -0.2) is 4.98 Å². The maximum atomic E-state index is 5.86. The maximum Gasteiger partial charge on any atom is 0.173 e. The van der Waals surface area contributed by atoms with Gasteiger partial charge >= 0.3 is 0 Å². The molecule has 86 valence electrons. The quantitative estimate of drug-likeness (QED) is 0.497. The summed E-state index contributed by atoms with van der Waals surface area (Å²) in [6, 6.07) is 16.1. The van der Waals surface area contributed by atoms with E-state index in [-0.39, 0.29) is 0 Å². The summed E-state index contributed by atoms with van der Waals surface area (Å²) < 4.78 is 5.86. The van der Waals surface area contributed by atoms with E-state index in [1.54, 1.807) is 6.20 Å². The standard InChI is InChI=1S/C15H10N2O/c1-2-5-11-9-14-12(8-10(11)4-1)17-15-13(18-14)6-3-7-16-15/h1-9H,(H,16,17). The largest absolute Gasteiger partial charge is 0.451 e. The molecule has 0 atom stereocenters. The highest BCUT2D eigenvalue weighted by atomic mass is 16.5. The van der Waals surface area contributed by atoms with Crippen LogP contribution in [0.4, 0.5) is 11.5 Å². The molecule has 3 aromatic rings. The van der Waals surface area contributed by atoms with E-state index in [1.807, 2.05) is 30.3 Å². The number of hydrogen-bond donors (Lipinski definition) is 1. The van der Waals surface area contributed by atoms with E-state index in [9.17, 15) is 0 Å². The minimum atomic E-state index is 0.764. The van der Waals surface area contributed by atoms with Crippen molar-refractivity contribution in [1.82, 2.24) is 4.98 Å². The van der Waals surface area contributed by atoms with Gasteiger partial charge in [-0.1, -0.05) is 24.3 Å². The maximum absolute atomic E-state index is 5.86. The summed E-state index contributed by atoms with van der Waals surface area (Å²) >= 11 is 0. The summed E-state index contributed by atoms with van der Waals surface area (Å²) in [5.74, 6) is 2.37. The number of benzene rings is 2. The van der Waals surface area contributed by atoms with Crippen LogP contribution in [-0.2, 0) is 0 Å². The molecule has 3 nitrogen and oxygen atoms in total. The minimum Gasteiger partial charge on any atom is -0.451 e. The van der Waals surface area contributed by atoms with Gasteiger partial charge < -0.3 is 10.1 Å². The fourth-order valence-electron chi connectivity index (χ4n) is 2.21. The van der Waals surface area contributed by atoms with Crippen molar-refractivity contribution in [1.29, 1.82) is 0 Å². The number of fused-ring (bicyclic) bond motifs is 3. The summed E-state index contributed by atoms with van der Waals surface area (Å²) in [6.45, 7) is 0. The van der Waals surface area contributed by atoms with Crippen LogP contribution in [0.5, 0.6) is 11.5 Å². The molecule has 1 aromatic heterocycles. The number of anilines is 2. The Morgan fingerprint density at radius 3 is 2.61 bits per heavy atom. The number of rotatable bonds is 0. The van der Waals surface area contributed by atoms with Gasteiger partial charge in [-0.2, -0.15) is 0 Å². The molecule has 3 heteroatoms. The van der Waals surface area contributed by atoms with Crippen molar-refractivity contribution in [2.45, 2.75) is 0 Å². The number of aromatic nitrogens is 1. The van der Waals surface area contributed by atoms with Crippen LogP contribution in [-0.4, -0.2) is 4.98 Å². The summed E-state index contributed by atoms with van der Waals surface area (Å²) in [4.78, 5) is 4.26. The lowest BCUT2D eigenvalue weighted by atomic mass is 10.1. The molecule has 0 saturated heterocycles. The second-order valence-corrected chi connectivity index (χ2v) is 4.27. The second-order valence-electron chi connectivity index (χ2n) is 4.27. The molecule has 0 unspecified atom stereocenters. The number of hydrogen-bond acceptors (Lipinski definition) is 3. The molecule has 0 bridgehead atoms. The van der Waals surface area contributed by atoms with E-state index in [1.165, 1.54) is 10.8 Å². The van der Waals surface area contributed by atoms with Crippen molar-refractivity contribution in [2.75, 3.05) is 5.32 Å². The summed E-state index contributed by atoms with van der Waals surface area (Å²) in [5.41, 5.74) is 0.958. The van der Waals surface area contributed by atoms with Crippen LogP contribution in [0.3, 0.4) is 0 Å². The van der Waals surface area contributed by atoms with E-state index in [4.69, 9.17) is 4.74 Å². The van der Waals surface area contributed by atoms with Crippen molar-refractivity contribution in [2.24, 2.45) is 0 Å². The van der Waals surface area contributed by atoms with Crippen LogP contribution >= 0.6 is 0 Å². The van der Waals surface area contributed by atoms with Crippen LogP contribution in [0.15, 0.2) is 54.7 Å². The van der Waals surface area contributed by atoms with E-state index in [0.717, 1.165) is 23.0 Å². The normalized spacial score (nSPS) is 12.2. The zero-order valence-corrected chi connectivity index (χ0v) is 9.55. The van der Waals surface area contributed by atoms with Crippen molar-refractivity contribution >= 4 is 22.3 Å². The molecule has 0 radical (unpaired) electrons. The third-order valence-corrected chi connectivity index (χ3v) is 3.09. The molecular formula is C15H10N2O. The number of nitrogens with one attached hydrogen (secondary N) is 1. The first-order chi connectivity index (χ1) is 8.90. The topological polar surface area (TPSA) is 34.1 Å². The van der Waals surface area contributed by atoms with Crippen LogP contribution in [0.25, 0.3) is 10.8 Å². The first kappa shape index (κ1) is 9.48. The predicted molar refractivity (Wildman–Crippen MR) is 71.5 cm³/mol. The molecule has 18 heavy (non-hydrogen) atoms. The molecule has 2 heterocycles. The van der Waals surface area contributed by atoms with Crippen molar-refractivity contribution < 1.29 is 4.74 Å². The fourth-order valence-corrected chi connectivity index (χ4v) is 2.21. The average molecular weight is 234 g/mol. The molecule has 1 N–H and O–H groups in total. The molecule has 4 rings (SSSR count). The van der Waals surface area contributed by atoms with Gasteiger partial charge in [0.15, 0.2) is 17.3 Å². The van der Waals surface area contributed by atoms with E-state index < -0.39 is 0 Å². The molecule has 0 amide bonds. The Kier molecular flexibility index (Phi) is 1.83. The van der Waals surface area contributed by atoms with Gasteiger partial charge in [-0.15, -0.1) is 0 Å². The van der Waals surface area contributed by atoms with Gasteiger partial charge in [0.1, 0.15) is 0 Å². The fraction of sp³-hybridized carbons (Fsp3) is 0. The summed E-state index contributed by atoms with van der Waals surface area (Å²) in [6.07, 6.45) is 1.75. The summed E-state index contributed by atoms with van der Waals surface area (Å²) in [5, 5.41) is 5.65. The van der Waals surface area contributed by atoms with Gasteiger partial charge in [-0.05, 0) is 35.0 Å². The third-order valence-electron chi connectivity index (χ3n) is 3.09. The van der Waals surface area contributed by atoms with E-state index >= 15 is 0 Å². The monoisotopic (exact) mass is 234 g/mol. The molecule has 1 aliphatic heterocycles. The lowest BCUT2D eigenvalue weighted by molar-refractivity contribution is 0.479. The van der Waals surface area contributed by atoms with Gasteiger partial charge in [0.05, 0.1) is 5.69 Å². The Hall–Kier alpha value is -2.55. The Labute approximate surface area is 104 Å². The highest BCUT2D eigenvalue weighted by Gasteiger charge is 2.17. The third kappa shape index (κ3) is 1.34. The minimum absolute atomic E-state index is 0.764. The number of pyridine rings is 1. The molecule has 0 saturated carbocycles. The number of ether oxygens (including phenoxy) is 1. The van der Waals surface area contributed by atoms with Crippen LogP contribution in [0.2, 0.25) is 0 Å². The van der Waals surface area contributed by atoms with Gasteiger partial charge in [0.25, 0.3) is 0 Å². The predicted octanol–water partition coefficient (Wildman–Crippen LogP) is 4.08. The Morgan fingerprint density at radius 1 is 0.889 bits per heavy atom. The smallest absolute Gasteiger partial charge is 0.173 e. The lowest BCUT2D eigenvalue weighted by Crippen LogP contribution is -2.04. The lowest BCUT2D eigenvalue weighted by Gasteiger charge is -2.21. The van der Waals surface area contributed by atoms with E-state index in [2.05, 4.69) is 28.5 Å². The van der Waals surface area contributed by atoms with Crippen molar-refractivity contribution in [3.8, 4) is 11.5 Å². The average Bonchev–Trinajstić information content (AvgIpc) is 2.42. The first-order valence-electron chi connectivity index (χ1n) is 5.83. The first-order valence-corrected chi connectivity index (χ1v) is 5.83.